The number of rotatable bonds is 7. The number of cyclic esters (lactones) is 1. The zero-order valence-corrected chi connectivity index (χ0v) is 38.4. The molecule has 12 nitrogen and oxygen atoms in total. The average Bonchev–Trinajstić information content (AvgIpc) is 4.06. The number of hydrogen-bond acceptors (Lipinski definition) is 10. The molecule has 13 heteroatoms. The Labute approximate surface area is 369 Å². The van der Waals surface area contributed by atoms with Crippen molar-refractivity contribution in [3.05, 3.63) is 58.0 Å². The molecule has 11 rings (SSSR count). The number of aromatic nitrogens is 2. The highest BCUT2D eigenvalue weighted by Crippen LogP contribution is 2.56. The molecule has 2 amide bonds. The molecule has 1 aromatic carbocycles. The molecule has 0 radical (unpaired) electrons. The second-order valence-corrected chi connectivity index (χ2v) is 21.2. The fourth-order valence-corrected chi connectivity index (χ4v) is 12.3. The lowest BCUT2D eigenvalue weighted by molar-refractivity contribution is -0.171. The van der Waals surface area contributed by atoms with E-state index in [1.165, 1.54) is 5.56 Å². The van der Waals surface area contributed by atoms with Crippen LogP contribution < -0.4 is 15.6 Å². The number of thiophene rings is 1. The van der Waals surface area contributed by atoms with Crippen molar-refractivity contribution in [2.45, 2.75) is 110 Å². The normalized spacial score (nSPS) is 29.5. The van der Waals surface area contributed by atoms with E-state index >= 15 is 0 Å². The van der Waals surface area contributed by atoms with Crippen LogP contribution in [-0.4, -0.2) is 102 Å². The zero-order valence-electron chi connectivity index (χ0n) is 37.6. The van der Waals surface area contributed by atoms with Crippen molar-refractivity contribution in [3.8, 4) is 22.4 Å². The number of amides is 2. The lowest BCUT2D eigenvalue weighted by Gasteiger charge is -2.53. The molecule has 5 atom stereocenters. The molecule has 6 fully saturated rings. The quantitative estimate of drug-likeness (QED) is 0.190. The summed E-state index contributed by atoms with van der Waals surface area (Å²) in [6, 6.07) is 10.0. The monoisotopic (exact) mass is 861 g/mol. The summed E-state index contributed by atoms with van der Waals surface area (Å²) in [5, 5.41) is 8.40. The van der Waals surface area contributed by atoms with E-state index < -0.39 is 22.9 Å². The maximum absolute atomic E-state index is 14.9. The highest BCUT2D eigenvalue weighted by Gasteiger charge is 2.60. The van der Waals surface area contributed by atoms with E-state index in [9.17, 15) is 14.4 Å². The number of ether oxygens (including phenoxy) is 2. The molecule has 3 saturated heterocycles. The number of methoxy groups -OCH3 is 1. The summed E-state index contributed by atoms with van der Waals surface area (Å²) in [5.41, 5.74) is 11.1. The molecule has 7 aliphatic rings. The second kappa shape index (κ2) is 15.5. The number of hydrazine groups is 1. The Kier molecular flexibility index (Phi) is 10.4. The largest absolute Gasteiger partial charge is 0.464 e. The Morgan fingerprint density at radius 2 is 1.81 bits per heavy atom. The zero-order chi connectivity index (χ0) is 43.4. The molecule has 1 spiro atoms. The van der Waals surface area contributed by atoms with Gasteiger partial charge in [-0.1, -0.05) is 33.8 Å². The van der Waals surface area contributed by atoms with Gasteiger partial charge in [-0.2, -0.15) is 0 Å². The van der Waals surface area contributed by atoms with Crippen molar-refractivity contribution in [2.24, 2.45) is 29.1 Å². The van der Waals surface area contributed by atoms with Crippen molar-refractivity contribution >= 4 is 45.7 Å². The van der Waals surface area contributed by atoms with Gasteiger partial charge in [0.2, 0.25) is 5.91 Å². The molecule has 4 aliphatic heterocycles. The first-order valence-electron chi connectivity index (χ1n) is 23.0. The van der Waals surface area contributed by atoms with Crippen LogP contribution in [0, 0.1) is 29.1 Å². The van der Waals surface area contributed by atoms with Crippen LogP contribution in [0.15, 0.2) is 41.9 Å². The third-order valence-corrected chi connectivity index (χ3v) is 16.8. The topological polar surface area (TPSA) is 121 Å². The van der Waals surface area contributed by atoms with Crippen LogP contribution in [0.25, 0.3) is 33.3 Å². The minimum Gasteiger partial charge on any atom is -0.464 e. The van der Waals surface area contributed by atoms with Gasteiger partial charge < -0.3 is 29.2 Å². The van der Waals surface area contributed by atoms with Gasteiger partial charge in [0.05, 0.1) is 36.0 Å². The fraction of sp³-hybridized carbons (Fsp3) is 0.592. The summed E-state index contributed by atoms with van der Waals surface area (Å²) in [6.45, 7) is 17.7. The standard InChI is InChI=1S/C49H63N7O5S/c1-9-55-38-11-10-30-20-35(38)37(43(55)36-22-34(24-50-41(36)29(4)60-8)54-16-14-53(7)15-17-54)23-48(5,6)26-61-47(59)42-31-18-33(19-31)56(52-42)46(58)44(51-45(57)40-27(2)28(40)3)49(12-13-49)39-21-32(30)25-62-39/h10-11,20-22,24-25,27-29,31,33,40,42,44,52H,9,12-19,23,26H2,1-8H3,(H,51,57). The van der Waals surface area contributed by atoms with E-state index in [0.717, 1.165) is 108 Å². The van der Waals surface area contributed by atoms with Gasteiger partial charge in [-0.25, -0.2) is 5.43 Å². The molecular formula is C49H63N7O5S. The van der Waals surface area contributed by atoms with Gasteiger partial charge in [0, 0.05) is 84.0 Å². The number of fused-ring (bicyclic) bond motifs is 5. The summed E-state index contributed by atoms with van der Waals surface area (Å²) < 4.78 is 14.7. The number of carbonyl (C=O) groups is 3. The lowest BCUT2D eigenvalue weighted by Crippen LogP contribution is -2.72. The van der Waals surface area contributed by atoms with Gasteiger partial charge in [0.1, 0.15) is 12.1 Å². The number of piperazine rings is 1. The number of nitrogens with one attached hydrogen (secondary N) is 2. The summed E-state index contributed by atoms with van der Waals surface area (Å²) >= 11 is 1.69. The van der Waals surface area contributed by atoms with Gasteiger partial charge in [-0.3, -0.25) is 24.4 Å². The van der Waals surface area contributed by atoms with Gasteiger partial charge in [-0.05, 0) is 117 Å². The van der Waals surface area contributed by atoms with Gasteiger partial charge >= 0.3 is 5.97 Å². The molecule has 2 N–H and O–H groups in total. The van der Waals surface area contributed by atoms with Gasteiger partial charge in [0.15, 0.2) is 0 Å². The number of nitrogens with zero attached hydrogens (tertiary/aromatic N) is 5. The Hall–Kier alpha value is -4.30. The third kappa shape index (κ3) is 6.96. The van der Waals surface area contributed by atoms with E-state index in [1.54, 1.807) is 23.5 Å². The van der Waals surface area contributed by atoms with Crippen LogP contribution in [0.5, 0.6) is 0 Å². The highest BCUT2D eigenvalue weighted by atomic mass is 32.1. The predicted molar refractivity (Wildman–Crippen MR) is 243 cm³/mol. The number of anilines is 1. The second-order valence-electron chi connectivity index (χ2n) is 20.3. The number of likely N-dealkylation sites (N-methyl/N-ethyl adjacent to an activating group) is 1. The maximum Gasteiger partial charge on any atom is 0.325 e. The van der Waals surface area contributed by atoms with E-state index in [0.29, 0.717) is 6.42 Å². The Morgan fingerprint density at radius 3 is 2.48 bits per heavy atom. The molecule has 3 saturated carbocycles. The molecule has 62 heavy (non-hydrogen) atoms. The number of benzene rings is 1. The molecule has 3 aliphatic carbocycles. The Bertz CT molecular complexity index is 2410. The van der Waals surface area contributed by atoms with Crippen LogP contribution in [0.2, 0.25) is 0 Å². The van der Waals surface area contributed by atoms with Crippen LogP contribution in [-0.2, 0) is 42.2 Å². The number of aryl methyl sites for hydroxylation is 1. The third-order valence-electron chi connectivity index (χ3n) is 15.7. The summed E-state index contributed by atoms with van der Waals surface area (Å²) in [6.07, 6.45) is 5.49. The van der Waals surface area contributed by atoms with Crippen molar-refractivity contribution in [3.63, 3.8) is 0 Å². The first-order valence-corrected chi connectivity index (χ1v) is 23.9. The SMILES string of the molecule is CCn1c(-c2cc(N3CCN(C)CC3)cnc2C(C)OC)c2c3cc(ccc31)-c1csc(c1)C1(CC1)C(NC(=O)C1C(C)C1C)C(=O)N1NC(C(=O)OCC(C)(C)C2)C2CC1C2. The number of esters is 1. The van der Waals surface area contributed by atoms with Gasteiger partial charge in [-0.15, -0.1) is 11.3 Å². The average molecular weight is 862 g/mol. The van der Waals surface area contributed by atoms with Crippen molar-refractivity contribution in [1.29, 1.82) is 0 Å². The molecule has 5 unspecified atom stereocenters. The van der Waals surface area contributed by atoms with Gasteiger partial charge in [0.25, 0.3) is 5.91 Å². The molecule has 8 bridgehead atoms. The van der Waals surface area contributed by atoms with Crippen molar-refractivity contribution < 1.29 is 23.9 Å². The molecular weight excluding hydrogens is 799 g/mol. The fourth-order valence-electron chi connectivity index (χ4n) is 11.1. The number of hydrogen-bond donors (Lipinski definition) is 2. The van der Waals surface area contributed by atoms with Crippen LogP contribution in [0.3, 0.4) is 0 Å². The van der Waals surface area contributed by atoms with Crippen LogP contribution in [0.1, 0.15) is 89.5 Å². The number of pyridine rings is 1. The minimum absolute atomic E-state index is 0.0207. The summed E-state index contributed by atoms with van der Waals surface area (Å²) in [4.78, 5) is 54.1. The van der Waals surface area contributed by atoms with E-state index in [-0.39, 0.29) is 60.2 Å². The van der Waals surface area contributed by atoms with Crippen molar-refractivity contribution in [2.75, 3.05) is 51.8 Å². The van der Waals surface area contributed by atoms with Crippen molar-refractivity contribution in [1.82, 2.24) is 30.2 Å². The maximum atomic E-state index is 14.9. The first-order chi connectivity index (χ1) is 29.7. The molecule has 4 aromatic rings. The predicted octanol–water partition coefficient (Wildman–Crippen LogP) is 6.95. The van der Waals surface area contributed by atoms with E-state index in [4.69, 9.17) is 14.5 Å². The number of carbonyl (C=O) groups excluding carboxylic acids is 3. The first kappa shape index (κ1) is 41.7. The minimum atomic E-state index is -0.741. The van der Waals surface area contributed by atoms with E-state index in [1.807, 2.05) is 6.20 Å². The van der Waals surface area contributed by atoms with E-state index in [2.05, 4.69) is 109 Å². The molecule has 3 aromatic heterocycles. The summed E-state index contributed by atoms with van der Waals surface area (Å²) in [5.74, 6) is 0.0375. The van der Waals surface area contributed by atoms with Crippen LogP contribution >= 0.6 is 11.3 Å². The molecule has 7 heterocycles. The van der Waals surface area contributed by atoms with Crippen LogP contribution in [0.4, 0.5) is 5.69 Å². The highest BCUT2D eigenvalue weighted by molar-refractivity contribution is 7.10. The Balaban J connectivity index is 1.12. The Morgan fingerprint density at radius 1 is 1.06 bits per heavy atom. The smallest absolute Gasteiger partial charge is 0.325 e. The summed E-state index contributed by atoms with van der Waals surface area (Å²) in [7, 11) is 3.92. The lowest BCUT2D eigenvalue weighted by atomic mass is 9.72. The molecule has 330 valence electrons.